The smallest absolute Gasteiger partial charge is 0.398 e. The van der Waals surface area contributed by atoms with Crippen LogP contribution in [0.5, 0.6) is 0 Å². The minimum Gasteiger partial charge on any atom is -0.398 e. The molecule has 3 heterocycles. The van der Waals surface area contributed by atoms with E-state index >= 15 is 0 Å². The van der Waals surface area contributed by atoms with Crippen LogP contribution in [-0.4, -0.2) is 34.9 Å². The molecular weight excluding hydrogens is 243 g/mol. The lowest BCUT2D eigenvalue weighted by Gasteiger charge is -2.32. The number of aromatic nitrogens is 2. The third-order valence-corrected chi connectivity index (χ3v) is 4.36. The van der Waals surface area contributed by atoms with Crippen LogP contribution < -0.4 is 5.59 Å². The van der Waals surface area contributed by atoms with E-state index in [-0.39, 0.29) is 24.4 Å². The van der Waals surface area contributed by atoms with Gasteiger partial charge >= 0.3 is 7.12 Å². The Kier molecular flexibility index (Phi) is 3.00. The first-order chi connectivity index (χ1) is 8.89. The Balaban J connectivity index is 1.77. The summed E-state index contributed by atoms with van der Waals surface area (Å²) in [6.07, 6.45) is 4.00. The molecule has 1 atom stereocenters. The molecule has 0 aliphatic carbocycles. The lowest BCUT2D eigenvalue weighted by molar-refractivity contribution is 0.00578. The molecule has 3 rings (SSSR count). The molecule has 0 spiro atoms. The Morgan fingerprint density at radius 1 is 1.26 bits per heavy atom. The number of hydrogen-bond donors (Lipinski definition) is 1. The second kappa shape index (κ2) is 4.33. The maximum Gasteiger partial charge on any atom is 0.513 e. The van der Waals surface area contributed by atoms with Gasteiger partial charge in [-0.05, 0) is 40.5 Å². The highest BCUT2D eigenvalue weighted by molar-refractivity contribution is 6.61. The SMILES string of the molecule is CC1(C)OB(c2cnc(C3CCCO3)[nH]2)OC1(C)C. The normalized spacial score (nSPS) is 29.1. The quantitative estimate of drug-likeness (QED) is 0.823. The summed E-state index contributed by atoms with van der Waals surface area (Å²) in [6, 6.07) is 0. The van der Waals surface area contributed by atoms with E-state index in [0.29, 0.717) is 0 Å². The summed E-state index contributed by atoms with van der Waals surface area (Å²) < 4.78 is 17.6. The first-order valence-corrected chi connectivity index (χ1v) is 6.91. The summed E-state index contributed by atoms with van der Waals surface area (Å²) in [7, 11) is -0.382. The predicted octanol–water partition coefficient (Wildman–Crippen LogP) is 1.56. The van der Waals surface area contributed by atoms with E-state index in [0.717, 1.165) is 30.9 Å². The van der Waals surface area contributed by atoms with Crippen LogP contribution in [0.2, 0.25) is 0 Å². The van der Waals surface area contributed by atoms with Gasteiger partial charge in [-0.25, -0.2) is 4.98 Å². The van der Waals surface area contributed by atoms with Crippen molar-refractivity contribution in [1.29, 1.82) is 0 Å². The van der Waals surface area contributed by atoms with Crippen molar-refractivity contribution in [3.63, 3.8) is 0 Å². The third-order valence-electron chi connectivity index (χ3n) is 4.36. The summed E-state index contributed by atoms with van der Waals surface area (Å²) >= 11 is 0. The van der Waals surface area contributed by atoms with Crippen LogP contribution in [0.3, 0.4) is 0 Å². The second-order valence-electron chi connectivity index (χ2n) is 6.31. The summed E-state index contributed by atoms with van der Waals surface area (Å²) in [5.74, 6) is 0.877. The van der Waals surface area contributed by atoms with Crippen molar-refractivity contribution in [3.05, 3.63) is 12.0 Å². The molecule has 1 unspecified atom stereocenters. The molecule has 1 N–H and O–H groups in total. The molecule has 2 saturated heterocycles. The molecule has 0 aromatic carbocycles. The van der Waals surface area contributed by atoms with E-state index in [9.17, 15) is 0 Å². The van der Waals surface area contributed by atoms with Crippen LogP contribution in [0, 0.1) is 0 Å². The standard InChI is InChI=1S/C13H21BN2O3/c1-12(2)13(3,4)19-14(18-12)10-8-15-11(16-10)9-6-5-7-17-9/h8-9H,5-7H2,1-4H3,(H,15,16). The van der Waals surface area contributed by atoms with Crippen molar-refractivity contribution < 1.29 is 14.0 Å². The number of aromatic amines is 1. The van der Waals surface area contributed by atoms with E-state index < -0.39 is 0 Å². The van der Waals surface area contributed by atoms with E-state index in [4.69, 9.17) is 14.0 Å². The average Bonchev–Trinajstić information content (AvgIpc) is 3.00. The third kappa shape index (κ3) is 2.22. The van der Waals surface area contributed by atoms with E-state index in [2.05, 4.69) is 9.97 Å². The summed E-state index contributed by atoms with van der Waals surface area (Å²) in [5.41, 5.74) is 0.212. The van der Waals surface area contributed by atoms with Crippen molar-refractivity contribution in [2.24, 2.45) is 0 Å². The molecule has 6 heteroatoms. The number of imidazole rings is 1. The highest BCUT2D eigenvalue weighted by atomic mass is 16.7. The van der Waals surface area contributed by atoms with Crippen molar-refractivity contribution in [2.45, 2.75) is 57.8 Å². The number of nitrogens with zero attached hydrogens (tertiary/aromatic N) is 1. The second-order valence-corrected chi connectivity index (χ2v) is 6.31. The van der Waals surface area contributed by atoms with Gasteiger partial charge in [0.05, 0.1) is 16.8 Å². The maximum absolute atomic E-state index is 5.99. The van der Waals surface area contributed by atoms with Gasteiger partial charge in [-0.3, -0.25) is 0 Å². The molecule has 0 radical (unpaired) electrons. The Labute approximate surface area is 114 Å². The Bertz CT molecular complexity index is 450. The van der Waals surface area contributed by atoms with Crippen LogP contribution in [0.4, 0.5) is 0 Å². The van der Waals surface area contributed by atoms with Gasteiger partial charge in [0, 0.05) is 12.8 Å². The zero-order valence-electron chi connectivity index (χ0n) is 12.0. The molecule has 104 valence electrons. The van der Waals surface area contributed by atoms with Crippen molar-refractivity contribution in [1.82, 2.24) is 9.97 Å². The highest BCUT2D eigenvalue weighted by Gasteiger charge is 2.52. The average molecular weight is 264 g/mol. The van der Waals surface area contributed by atoms with Gasteiger partial charge < -0.3 is 19.0 Å². The van der Waals surface area contributed by atoms with Crippen molar-refractivity contribution >= 4 is 12.7 Å². The molecule has 5 nitrogen and oxygen atoms in total. The van der Waals surface area contributed by atoms with Gasteiger partial charge in [0.25, 0.3) is 0 Å². The van der Waals surface area contributed by atoms with Crippen LogP contribution in [0.1, 0.15) is 52.5 Å². The number of rotatable bonds is 2. The molecular formula is C13H21BN2O3. The molecule has 0 amide bonds. The summed E-state index contributed by atoms with van der Waals surface area (Å²) in [5, 5.41) is 0. The van der Waals surface area contributed by atoms with E-state index in [1.54, 1.807) is 6.20 Å². The lowest BCUT2D eigenvalue weighted by Crippen LogP contribution is -2.41. The van der Waals surface area contributed by atoms with Crippen LogP contribution >= 0.6 is 0 Å². The van der Waals surface area contributed by atoms with Crippen LogP contribution in [0.15, 0.2) is 6.20 Å². The molecule has 1 aromatic heterocycles. The first kappa shape index (κ1) is 13.2. The number of nitrogens with one attached hydrogen (secondary N) is 1. The van der Waals surface area contributed by atoms with E-state index in [1.807, 2.05) is 27.7 Å². The monoisotopic (exact) mass is 264 g/mol. The fourth-order valence-corrected chi connectivity index (χ4v) is 2.40. The molecule has 2 aliphatic rings. The molecule has 0 saturated carbocycles. The fourth-order valence-electron chi connectivity index (χ4n) is 2.40. The minimum absolute atomic E-state index is 0.0937. The first-order valence-electron chi connectivity index (χ1n) is 6.91. The Hall–Kier alpha value is -0.845. The van der Waals surface area contributed by atoms with Gasteiger partial charge in [-0.1, -0.05) is 0 Å². The minimum atomic E-state index is -0.382. The van der Waals surface area contributed by atoms with Crippen LogP contribution in [0.25, 0.3) is 0 Å². The fraction of sp³-hybridized carbons (Fsp3) is 0.769. The summed E-state index contributed by atoms with van der Waals surface area (Å²) in [4.78, 5) is 7.68. The topological polar surface area (TPSA) is 56.4 Å². The molecule has 0 bridgehead atoms. The van der Waals surface area contributed by atoms with Gasteiger partial charge in [-0.15, -0.1) is 0 Å². The molecule has 1 aromatic rings. The largest absolute Gasteiger partial charge is 0.513 e. The summed E-state index contributed by atoms with van der Waals surface area (Å²) in [6.45, 7) is 9.00. The molecule has 2 aliphatic heterocycles. The zero-order valence-corrected chi connectivity index (χ0v) is 12.0. The van der Waals surface area contributed by atoms with Gasteiger partial charge in [0.15, 0.2) is 0 Å². The van der Waals surface area contributed by atoms with Crippen molar-refractivity contribution in [3.8, 4) is 0 Å². The lowest BCUT2D eigenvalue weighted by atomic mass is 9.86. The van der Waals surface area contributed by atoms with Gasteiger partial charge in [-0.2, -0.15) is 0 Å². The van der Waals surface area contributed by atoms with Gasteiger partial charge in [0.2, 0.25) is 0 Å². The zero-order chi connectivity index (χ0) is 13.7. The van der Waals surface area contributed by atoms with Crippen molar-refractivity contribution in [2.75, 3.05) is 6.61 Å². The number of hydrogen-bond acceptors (Lipinski definition) is 4. The van der Waals surface area contributed by atoms with E-state index in [1.165, 1.54) is 0 Å². The number of H-pyrrole nitrogens is 1. The Morgan fingerprint density at radius 3 is 2.53 bits per heavy atom. The maximum atomic E-state index is 5.99. The predicted molar refractivity (Wildman–Crippen MR) is 72.2 cm³/mol. The van der Waals surface area contributed by atoms with Gasteiger partial charge in [0.1, 0.15) is 11.9 Å². The number of ether oxygens (including phenoxy) is 1. The Morgan fingerprint density at radius 2 is 1.95 bits per heavy atom. The highest BCUT2D eigenvalue weighted by Crippen LogP contribution is 2.36. The molecule has 19 heavy (non-hydrogen) atoms. The van der Waals surface area contributed by atoms with Crippen LogP contribution in [-0.2, 0) is 14.0 Å². The molecule has 2 fully saturated rings.